The van der Waals surface area contributed by atoms with Crippen LogP contribution >= 0.6 is 22.7 Å². The Morgan fingerprint density at radius 3 is 1.40 bits per heavy atom. The van der Waals surface area contributed by atoms with Crippen LogP contribution in [0.3, 0.4) is 0 Å². The zero-order chi connectivity index (χ0) is 42.3. The first kappa shape index (κ1) is 41.1. The van der Waals surface area contributed by atoms with E-state index in [4.69, 9.17) is 5.11 Å². The summed E-state index contributed by atoms with van der Waals surface area (Å²) in [5.41, 5.74) is 6.02. The molecule has 302 valence electrons. The predicted molar refractivity (Wildman–Crippen MR) is 229 cm³/mol. The van der Waals surface area contributed by atoms with Gasteiger partial charge < -0.3 is 15.7 Å². The van der Waals surface area contributed by atoms with E-state index in [1.165, 1.54) is 56.0 Å². The first-order valence-corrected chi connectivity index (χ1v) is 20.3. The van der Waals surface area contributed by atoms with Crippen LogP contribution in [0.1, 0.15) is 74.5 Å². The van der Waals surface area contributed by atoms with E-state index in [-0.39, 0.29) is 44.3 Å². The fourth-order valence-corrected chi connectivity index (χ4v) is 8.15. The lowest BCUT2D eigenvalue weighted by atomic mass is 10.0. The normalized spacial score (nSPS) is 10.9. The van der Waals surface area contributed by atoms with Gasteiger partial charge in [-0.25, -0.2) is 9.18 Å². The third-order valence-corrected chi connectivity index (χ3v) is 11.7. The lowest BCUT2D eigenvalue weighted by Gasteiger charge is -2.04. The molecule has 4 heterocycles. The van der Waals surface area contributed by atoms with E-state index in [9.17, 15) is 28.4 Å². The van der Waals surface area contributed by atoms with Gasteiger partial charge in [-0.05, 0) is 83.6 Å². The second kappa shape index (κ2) is 18.2. The molecule has 0 fully saturated rings. The molecule has 0 radical (unpaired) electrons. The second-order valence-electron chi connectivity index (χ2n) is 13.9. The average molecular weight is 841 g/mol. The van der Waals surface area contributed by atoms with Crippen molar-refractivity contribution in [2.75, 3.05) is 0 Å². The molecule has 0 spiro atoms. The van der Waals surface area contributed by atoms with Crippen LogP contribution in [0, 0.1) is 19.7 Å². The van der Waals surface area contributed by atoms with Crippen molar-refractivity contribution in [2.24, 2.45) is 0 Å². The number of carbonyl (C=O) groups excluding carboxylic acids is 2. The Bertz CT molecular complexity index is 2960. The molecule has 8 aromatic rings. The highest BCUT2D eigenvalue weighted by molar-refractivity contribution is 7.19. The topological polar surface area (TPSA) is 164 Å². The number of carboxylic acids is 1. The van der Waals surface area contributed by atoms with E-state index >= 15 is 0 Å². The monoisotopic (exact) mass is 840 g/mol. The highest BCUT2D eigenvalue weighted by Crippen LogP contribution is 2.21. The number of rotatable bonds is 11. The fraction of sp³-hybridized carbons (Fsp3) is 0.133. The Hall–Kier alpha value is -7.10. The van der Waals surface area contributed by atoms with Gasteiger partial charge in [0.2, 0.25) is 10.0 Å². The average Bonchev–Trinajstić information content (AvgIpc) is 3.93. The molecule has 2 amide bonds. The van der Waals surface area contributed by atoms with Gasteiger partial charge in [-0.15, -0.1) is 10.2 Å². The Morgan fingerprint density at radius 2 is 1.00 bits per heavy atom. The Labute approximate surface area is 350 Å². The summed E-state index contributed by atoms with van der Waals surface area (Å²) in [7, 11) is 0. The Balaban J connectivity index is 0.000000182. The molecule has 0 aliphatic heterocycles. The summed E-state index contributed by atoms with van der Waals surface area (Å²) in [5, 5.41) is 23.7. The number of pyridine rings is 2. The third-order valence-electron chi connectivity index (χ3n) is 9.43. The van der Waals surface area contributed by atoms with Gasteiger partial charge in [-0.1, -0.05) is 108 Å². The summed E-state index contributed by atoms with van der Waals surface area (Å²) in [5.74, 6) is -1.96. The minimum absolute atomic E-state index is 0.192. The number of aryl methyl sites for hydroxylation is 2. The third kappa shape index (κ3) is 9.60. The van der Waals surface area contributed by atoms with Gasteiger partial charge >= 0.3 is 5.97 Å². The summed E-state index contributed by atoms with van der Waals surface area (Å²) < 4.78 is 15.7. The number of hydrogen-bond donors (Lipinski definition) is 3. The molecule has 8 rings (SSSR count). The second-order valence-corrected chi connectivity index (χ2v) is 15.8. The van der Waals surface area contributed by atoms with Crippen LogP contribution in [-0.2, 0) is 25.9 Å². The van der Waals surface area contributed by atoms with Crippen molar-refractivity contribution in [3.63, 3.8) is 0 Å². The highest BCUT2D eigenvalue weighted by Gasteiger charge is 2.19. The number of hydrogen-bond acceptors (Lipinski definition) is 9. The van der Waals surface area contributed by atoms with E-state index < -0.39 is 5.97 Å². The number of nitrogens with zero attached hydrogens (tertiary/aromatic N) is 4. The summed E-state index contributed by atoms with van der Waals surface area (Å²) in [6.07, 6.45) is 0.714. The van der Waals surface area contributed by atoms with E-state index in [0.717, 1.165) is 33.4 Å². The van der Waals surface area contributed by atoms with Gasteiger partial charge in [0.15, 0.2) is 0 Å². The first-order valence-electron chi connectivity index (χ1n) is 18.7. The van der Waals surface area contributed by atoms with Gasteiger partial charge in [-0.3, -0.25) is 19.2 Å². The van der Waals surface area contributed by atoms with Gasteiger partial charge in [0.1, 0.15) is 15.5 Å². The zero-order valence-corrected chi connectivity index (χ0v) is 34.0. The molecule has 4 aromatic heterocycles. The summed E-state index contributed by atoms with van der Waals surface area (Å²) >= 11 is 2.36. The molecule has 3 N–H and O–H groups in total. The molecule has 0 atom stereocenters. The van der Waals surface area contributed by atoms with E-state index in [2.05, 4.69) is 20.8 Å². The van der Waals surface area contributed by atoms with Crippen molar-refractivity contribution in [1.82, 2.24) is 29.9 Å². The number of aromatic carboxylic acids is 1. The van der Waals surface area contributed by atoms with Crippen LogP contribution in [0.25, 0.3) is 9.66 Å². The number of carboxylic acid groups (broad SMARTS) is 1. The van der Waals surface area contributed by atoms with Gasteiger partial charge in [0.25, 0.3) is 22.9 Å². The number of halogens is 1. The zero-order valence-electron chi connectivity index (χ0n) is 32.3. The van der Waals surface area contributed by atoms with Crippen LogP contribution in [0.5, 0.6) is 0 Å². The molecule has 4 aromatic carbocycles. The van der Waals surface area contributed by atoms with Crippen molar-refractivity contribution in [2.45, 2.75) is 39.8 Å². The lowest BCUT2D eigenvalue weighted by molar-refractivity contribution is 0.0696. The van der Waals surface area contributed by atoms with Gasteiger partial charge in [0.05, 0.1) is 5.56 Å². The van der Waals surface area contributed by atoms with Crippen LogP contribution in [-0.4, -0.2) is 42.1 Å². The number of fused-ring (bicyclic) bond motifs is 2. The number of nitrogens with one attached hydrogen (secondary N) is 2. The molecule has 15 heteroatoms. The lowest BCUT2D eigenvalue weighted by Crippen LogP contribution is -2.24. The summed E-state index contributed by atoms with van der Waals surface area (Å²) in [4.78, 5) is 63.1. The molecule has 0 aliphatic rings. The van der Waals surface area contributed by atoms with Gasteiger partial charge in [-0.2, -0.15) is 9.03 Å². The van der Waals surface area contributed by atoms with Crippen molar-refractivity contribution < 1.29 is 23.9 Å². The van der Waals surface area contributed by atoms with Crippen LogP contribution in [0.4, 0.5) is 4.39 Å². The maximum absolute atomic E-state index is 13.1. The minimum Gasteiger partial charge on any atom is -0.478 e. The molecule has 12 nitrogen and oxygen atoms in total. The van der Waals surface area contributed by atoms with E-state index in [1.54, 1.807) is 30.3 Å². The van der Waals surface area contributed by atoms with Crippen molar-refractivity contribution in [3.05, 3.63) is 208 Å². The summed E-state index contributed by atoms with van der Waals surface area (Å²) in [6, 6.07) is 35.2. The first-order chi connectivity index (χ1) is 28.9. The quantitative estimate of drug-likeness (QED) is 0.125. The molecule has 0 bridgehead atoms. The minimum atomic E-state index is -0.996. The maximum atomic E-state index is 13.1. The van der Waals surface area contributed by atoms with Crippen LogP contribution in [0.15, 0.2) is 131 Å². The van der Waals surface area contributed by atoms with Crippen LogP contribution in [0.2, 0.25) is 0 Å². The number of benzene rings is 4. The predicted octanol–water partition coefficient (Wildman–Crippen LogP) is 7.01. The molecule has 0 saturated heterocycles. The maximum Gasteiger partial charge on any atom is 0.335 e. The molecule has 0 saturated carbocycles. The molecule has 0 unspecified atom stereocenters. The van der Waals surface area contributed by atoms with E-state index in [1.807, 2.05) is 80.6 Å². The van der Waals surface area contributed by atoms with E-state index in [0.29, 0.717) is 46.7 Å². The summed E-state index contributed by atoms with van der Waals surface area (Å²) in [6.45, 7) is 4.52. The van der Waals surface area contributed by atoms with Crippen molar-refractivity contribution in [1.29, 1.82) is 0 Å². The van der Waals surface area contributed by atoms with Crippen molar-refractivity contribution >= 4 is 50.1 Å². The Morgan fingerprint density at radius 1 is 0.600 bits per heavy atom. The molecular weight excluding hydrogens is 804 g/mol. The molecular formula is C45H37FN6O6S2. The molecule has 0 aliphatic carbocycles. The Kier molecular flexibility index (Phi) is 12.5. The standard InChI is InChI=1S/C23H19N3O4S.C22H18FN3O2S/c1-14-11-18(12-15-7-9-17(10-8-15)23(29)30)21(28)26-22(14)31-20(25-26)19(27)24-13-16-5-3-2-4-6-16;1-14-11-17(12-15-7-9-18(23)10-8-15)21(28)26-22(14)29-20(25-26)19(27)24-13-16-5-3-2-4-6-16/h2-11H,12-13H2,1H3,(H,24,27)(H,29,30);2-11H,12-13H2,1H3,(H,24,27). The smallest absolute Gasteiger partial charge is 0.335 e. The highest BCUT2D eigenvalue weighted by atomic mass is 32.1. The van der Waals surface area contributed by atoms with Crippen LogP contribution < -0.4 is 21.8 Å². The number of aromatic nitrogens is 4. The fourth-order valence-electron chi connectivity index (χ4n) is 6.35. The number of amides is 2. The molecule has 60 heavy (non-hydrogen) atoms. The van der Waals surface area contributed by atoms with Gasteiger partial charge in [0, 0.05) is 37.1 Å². The van der Waals surface area contributed by atoms with Crippen molar-refractivity contribution in [3.8, 4) is 0 Å². The largest absolute Gasteiger partial charge is 0.478 e. The number of carbonyl (C=O) groups is 3. The SMILES string of the molecule is Cc1cc(Cc2ccc(C(=O)O)cc2)c(=O)n2nc(C(=O)NCc3ccccc3)sc12.Cc1cc(Cc2ccc(F)cc2)c(=O)n2nc(C(=O)NCc3ccccc3)sc12.